The first kappa shape index (κ1) is 15.1. The Balaban J connectivity index is 1.63. The fourth-order valence-electron chi connectivity index (χ4n) is 3.89. The topological polar surface area (TPSA) is 65.1 Å². The van der Waals surface area contributed by atoms with Gasteiger partial charge < -0.3 is 20.9 Å². The van der Waals surface area contributed by atoms with E-state index in [2.05, 4.69) is 20.9 Å². The Morgan fingerprint density at radius 1 is 1.00 bits per heavy atom. The molecular formula is C17H28N6. The second-order valence-electron chi connectivity index (χ2n) is 6.96. The van der Waals surface area contributed by atoms with Crippen LogP contribution in [0.4, 0.5) is 11.8 Å². The third-order valence-corrected chi connectivity index (χ3v) is 5.21. The van der Waals surface area contributed by atoms with Gasteiger partial charge in [-0.1, -0.05) is 12.8 Å². The molecule has 3 N–H and O–H groups in total. The van der Waals surface area contributed by atoms with E-state index in [-0.39, 0.29) is 0 Å². The van der Waals surface area contributed by atoms with Gasteiger partial charge in [0, 0.05) is 50.7 Å². The SMILES string of the molecule is C1CCCN(c2nc(NC3CCNC3)nc3c2CNCC3)CC1. The largest absolute Gasteiger partial charge is 0.356 e. The van der Waals surface area contributed by atoms with Crippen LogP contribution in [-0.2, 0) is 13.0 Å². The highest BCUT2D eigenvalue weighted by Gasteiger charge is 2.23. The number of hydrogen-bond donors (Lipinski definition) is 3. The Morgan fingerprint density at radius 3 is 2.65 bits per heavy atom. The molecule has 0 amide bonds. The third-order valence-electron chi connectivity index (χ3n) is 5.21. The number of anilines is 2. The molecule has 1 unspecified atom stereocenters. The van der Waals surface area contributed by atoms with Gasteiger partial charge in [0.2, 0.25) is 5.95 Å². The maximum atomic E-state index is 4.95. The van der Waals surface area contributed by atoms with Gasteiger partial charge in [-0.2, -0.15) is 4.98 Å². The van der Waals surface area contributed by atoms with E-state index in [9.17, 15) is 0 Å². The molecule has 0 radical (unpaired) electrons. The van der Waals surface area contributed by atoms with Gasteiger partial charge in [-0.25, -0.2) is 4.98 Å². The number of aromatic nitrogens is 2. The quantitative estimate of drug-likeness (QED) is 0.781. The lowest BCUT2D eigenvalue weighted by molar-refractivity contribution is 0.619. The second-order valence-corrected chi connectivity index (χ2v) is 6.96. The number of fused-ring (bicyclic) bond motifs is 1. The van der Waals surface area contributed by atoms with Crippen LogP contribution < -0.4 is 20.9 Å². The molecule has 1 aromatic rings. The molecule has 2 fully saturated rings. The van der Waals surface area contributed by atoms with Gasteiger partial charge >= 0.3 is 0 Å². The highest BCUT2D eigenvalue weighted by Crippen LogP contribution is 2.27. The van der Waals surface area contributed by atoms with Crippen molar-refractivity contribution in [2.75, 3.05) is 42.9 Å². The van der Waals surface area contributed by atoms with Crippen molar-refractivity contribution in [3.8, 4) is 0 Å². The molecule has 0 spiro atoms. The summed E-state index contributed by atoms with van der Waals surface area (Å²) in [4.78, 5) is 12.3. The molecule has 0 aromatic carbocycles. The van der Waals surface area contributed by atoms with Crippen molar-refractivity contribution < 1.29 is 0 Å². The van der Waals surface area contributed by atoms with Gasteiger partial charge in [0.05, 0.1) is 5.69 Å². The summed E-state index contributed by atoms with van der Waals surface area (Å²) in [6, 6.07) is 0.465. The lowest BCUT2D eigenvalue weighted by Gasteiger charge is -2.28. The molecule has 1 aromatic heterocycles. The summed E-state index contributed by atoms with van der Waals surface area (Å²) in [5.74, 6) is 2.01. The van der Waals surface area contributed by atoms with Crippen molar-refractivity contribution in [2.24, 2.45) is 0 Å². The third kappa shape index (κ3) is 3.43. The molecule has 0 aliphatic carbocycles. The molecule has 3 aliphatic rings. The van der Waals surface area contributed by atoms with E-state index in [1.54, 1.807) is 0 Å². The summed E-state index contributed by atoms with van der Waals surface area (Å²) >= 11 is 0. The van der Waals surface area contributed by atoms with Crippen LogP contribution in [0.5, 0.6) is 0 Å². The maximum Gasteiger partial charge on any atom is 0.225 e. The fourth-order valence-corrected chi connectivity index (χ4v) is 3.89. The first-order valence-electron chi connectivity index (χ1n) is 9.23. The van der Waals surface area contributed by atoms with Crippen LogP contribution in [0, 0.1) is 0 Å². The highest BCUT2D eigenvalue weighted by atomic mass is 15.2. The van der Waals surface area contributed by atoms with Gasteiger partial charge in [-0.15, -0.1) is 0 Å². The zero-order valence-corrected chi connectivity index (χ0v) is 13.9. The normalized spacial score (nSPS) is 25.0. The van der Waals surface area contributed by atoms with Crippen molar-refractivity contribution >= 4 is 11.8 Å². The Morgan fingerprint density at radius 2 is 1.87 bits per heavy atom. The predicted octanol–water partition coefficient (Wildman–Crippen LogP) is 1.28. The lowest BCUT2D eigenvalue weighted by Crippen LogP contribution is -2.33. The zero-order valence-electron chi connectivity index (χ0n) is 13.9. The molecule has 6 heteroatoms. The van der Waals surface area contributed by atoms with E-state index in [1.807, 2.05) is 0 Å². The lowest BCUT2D eigenvalue weighted by atomic mass is 10.1. The Bertz CT molecular complexity index is 532. The van der Waals surface area contributed by atoms with Crippen LogP contribution >= 0.6 is 0 Å². The minimum Gasteiger partial charge on any atom is -0.356 e. The minimum atomic E-state index is 0.465. The molecule has 23 heavy (non-hydrogen) atoms. The smallest absolute Gasteiger partial charge is 0.225 e. The number of nitrogens with one attached hydrogen (secondary N) is 3. The van der Waals surface area contributed by atoms with E-state index in [0.29, 0.717) is 6.04 Å². The van der Waals surface area contributed by atoms with Crippen molar-refractivity contribution in [1.82, 2.24) is 20.6 Å². The first-order chi connectivity index (χ1) is 11.4. The number of rotatable bonds is 3. The van der Waals surface area contributed by atoms with Crippen LogP contribution in [-0.4, -0.2) is 48.7 Å². The second kappa shape index (κ2) is 7.01. The average molecular weight is 316 g/mol. The molecule has 4 heterocycles. The highest BCUT2D eigenvalue weighted by molar-refractivity contribution is 5.54. The number of hydrogen-bond acceptors (Lipinski definition) is 6. The molecule has 2 saturated heterocycles. The van der Waals surface area contributed by atoms with Crippen molar-refractivity contribution in [3.63, 3.8) is 0 Å². The molecule has 3 aliphatic heterocycles. The molecule has 0 bridgehead atoms. The van der Waals surface area contributed by atoms with E-state index in [4.69, 9.17) is 9.97 Å². The standard InChI is InChI=1S/C17H28N6/c1-2-4-10-23(9-3-1)16-14-12-19-8-6-15(14)21-17(22-16)20-13-5-7-18-11-13/h13,18-19H,1-12H2,(H,20,21,22). The van der Waals surface area contributed by atoms with Crippen molar-refractivity contribution in [2.45, 2.75) is 51.1 Å². The van der Waals surface area contributed by atoms with E-state index in [1.165, 1.54) is 42.8 Å². The molecule has 126 valence electrons. The Hall–Kier alpha value is -1.40. The van der Waals surface area contributed by atoms with E-state index in [0.717, 1.165) is 58.1 Å². The monoisotopic (exact) mass is 316 g/mol. The summed E-state index contributed by atoms with van der Waals surface area (Å²) in [5.41, 5.74) is 2.57. The van der Waals surface area contributed by atoms with Crippen LogP contribution in [0.15, 0.2) is 0 Å². The fraction of sp³-hybridized carbons (Fsp3) is 0.765. The van der Waals surface area contributed by atoms with Crippen molar-refractivity contribution in [3.05, 3.63) is 11.3 Å². The van der Waals surface area contributed by atoms with Crippen molar-refractivity contribution in [1.29, 1.82) is 0 Å². The summed E-state index contributed by atoms with van der Waals surface area (Å²) in [5, 5.41) is 10.4. The van der Waals surface area contributed by atoms with Crippen LogP contribution in [0.1, 0.15) is 43.4 Å². The maximum absolute atomic E-state index is 4.95. The van der Waals surface area contributed by atoms with E-state index >= 15 is 0 Å². The number of nitrogens with zero attached hydrogens (tertiary/aromatic N) is 3. The molecule has 6 nitrogen and oxygen atoms in total. The van der Waals surface area contributed by atoms with Crippen LogP contribution in [0.25, 0.3) is 0 Å². The van der Waals surface area contributed by atoms with E-state index < -0.39 is 0 Å². The molecule has 4 rings (SSSR count). The molecular weight excluding hydrogens is 288 g/mol. The van der Waals surface area contributed by atoms with Crippen LogP contribution in [0.3, 0.4) is 0 Å². The zero-order chi connectivity index (χ0) is 15.5. The van der Waals surface area contributed by atoms with Gasteiger partial charge in [0.15, 0.2) is 0 Å². The summed E-state index contributed by atoms with van der Waals surface area (Å²) < 4.78 is 0. The van der Waals surface area contributed by atoms with Gasteiger partial charge in [0.1, 0.15) is 5.82 Å². The first-order valence-corrected chi connectivity index (χ1v) is 9.23. The van der Waals surface area contributed by atoms with Crippen LogP contribution in [0.2, 0.25) is 0 Å². The molecule has 1 atom stereocenters. The average Bonchev–Trinajstić information content (AvgIpc) is 2.94. The van der Waals surface area contributed by atoms with Gasteiger partial charge in [0.25, 0.3) is 0 Å². The molecule has 0 saturated carbocycles. The summed E-state index contributed by atoms with van der Waals surface area (Å²) in [7, 11) is 0. The van der Waals surface area contributed by atoms with Gasteiger partial charge in [-0.3, -0.25) is 0 Å². The van der Waals surface area contributed by atoms with Gasteiger partial charge in [-0.05, 0) is 25.8 Å². The Labute approximate surface area is 138 Å². The summed E-state index contributed by atoms with van der Waals surface area (Å²) in [6.07, 6.45) is 7.42. The Kier molecular flexibility index (Phi) is 4.62. The predicted molar refractivity (Wildman–Crippen MR) is 93.0 cm³/mol. The summed E-state index contributed by atoms with van der Waals surface area (Å²) in [6.45, 7) is 6.30. The minimum absolute atomic E-state index is 0.465.